The second-order valence-corrected chi connectivity index (χ2v) is 5.52. The lowest BCUT2D eigenvalue weighted by atomic mass is 10.0. The third-order valence-electron chi connectivity index (χ3n) is 4.01. The van der Waals surface area contributed by atoms with E-state index in [-0.39, 0.29) is 0 Å². The highest BCUT2D eigenvalue weighted by Crippen LogP contribution is 2.24. The normalized spacial score (nSPS) is 10.6. The molecule has 2 aromatic carbocycles. The molecule has 1 nitrogen and oxygen atoms in total. The van der Waals surface area contributed by atoms with Crippen LogP contribution in [0.25, 0.3) is 22.5 Å². The standard InChI is InChI=1S/C21H21N/c1-3-16-8-5-10-18(14-16)20-12-7-13-21(22-20)19-11-6-9-17(4-2)15-19/h5-15H,3-4H2,1-2H3. The molecule has 0 atom stereocenters. The Morgan fingerprint density at radius 2 is 1.09 bits per heavy atom. The Morgan fingerprint density at radius 1 is 0.636 bits per heavy atom. The first-order valence-electron chi connectivity index (χ1n) is 7.96. The average molecular weight is 287 g/mol. The smallest absolute Gasteiger partial charge is 0.0709 e. The van der Waals surface area contributed by atoms with E-state index in [4.69, 9.17) is 4.98 Å². The van der Waals surface area contributed by atoms with Crippen molar-refractivity contribution < 1.29 is 0 Å². The number of aromatic nitrogens is 1. The van der Waals surface area contributed by atoms with Gasteiger partial charge in [-0.1, -0.05) is 56.3 Å². The molecule has 0 aliphatic carbocycles. The Morgan fingerprint density at radius 3 is 1.55 bits per heavy atom. The molecule has 1 aromatic heterocycles. The number of aryl methyl sites for hydroxylation is 2. The van der Waals surface area contributed by atoms with E-state index in [1.165, 1.54) is 22.3 Å². The van der Waals surface area contributed by atoms with Crippen molar-refractivity contribution in [2.45, 2.75) is 26.7 Å². The highest BCUT2D eigenvalue weighted by molar-refractivity contribution is 5.66. The molecule has 3 aromatic rings. The number of benzene rings is 2. The van der Waals surface area contributed by atoms with E-state index >= 15 is 0 Å². The van der Waals surface area contributed by atoms with Gasteiger partial charge < -0.3 is 0 Å². The minimum absolute atomic E-state index is 1.04. The highest BCUT2D eigenvalue weighted by Gasteiger charge is 2.04. The zero-order valence-electron chi connectivity index (χ0n) is 13.2. The monoisotopic (exact) mass is 287 g/mol. The minimum Gasteiger partial charge on any atom is -0.248 e. The highest BCUT2D eigenvalue weighted by atomic mass is 14.7. The molecule has 110 valence electrons. The van der Waals surface area contributed by atoms with Gasteiger partial charge in [-0.25, -0.2) is 4.98 Å². The largest absolute Gasteiger partial charge is 0.248 e. The van der Waals surface area contributed by atoms with Crippen LogP contribution in [0.5, 0.6) is 0 Å². The fourth-order valence-corrected chi connectivity index (χ4v) is 2.66. The van der Waals surface area contributed by atoms with Gasteiger partial charge in [-0.05, 0) is 48.2 Å². The van der Waals surface area contributed by atoms with Crippen LogP contribution in [0, 0.1) is 0 Å². The first-order chi connectivity index (χ1) is 10.8. The van der Waals surface area contributed by atoms with Gasteiger partial charge in [0.1, 0.15) is 0 Å². The summed E-state index contributed by atoms with van der Waals surface area (Å²) >= 11 is 0. The molecule has 0 aliphatic rings. The molecule has 0 fully saturated rings. The van der Waals surface area contributed by atoms with E-state index in [9.17, 15) is 0 Å². The summed E-state index contributed by atoms with van der Waals surface area (Å²) in [5.41, 5.74) is 7.14. The summed E-state index contributed by atoms with van der Waals surface area (Å²) in [5, 5.41) is 0. The maximum atomic E-state index is 4.86. The molecule has 3 rings (SSSR count). The zero-order chi connectivity index (χ0) is 15.4. The molecular weight excluding hydrogens is 266 g/mol. The molecule has 1 heterocycles. The van der Waals surface area contributed by atoms with Gasteiger partial charge in [-0.15, -0.1) is 0 Å². The second-order valence-electron chi connectivity index (χ2n) is 5.52. The fraction of sp³-hybridized carbons (Fsp3) is 0.190. The molecule has 0 radical (unpaired) electrons. The van der Waals surface area contributed by atoms with Gasteiger partial charge in [-0.3, -0.25) is 0 Å². The predicted octanol–water partition coefficient (Wildman–Crippen LogP) is 5.54. The molecule has 0 saturated carbocycles. The van der Waals surface area contributed by atoms with E-state index in [1.807, 2.05) is 0 Å². The van der Waals surface area contributed by atoms with Crippen LogP contribution >= 0.6 is 0 Å². The Kier molecular flexibility index (Phi) is 4.34. The Balaban J connectivity index is 2.01. The number of pyridine rings is 1. The van der Waals surface area contributed by atoms with Crippen LogP contribution < -0.4 is 0 Å². The maximum absolute atomic E-state index is 4.86. The summed E-state index contributed by atoms with van der Waals surface area (Å²) in [5.74, 6) is 0. The van der Waals surface area contributed by atoms with Crippen LogP contribution in [0.4, 0.5) is 0 Å². The number of hydrogen-bond donors (Lipinski definition) is 0. The summed E-state index contributed by atoms with van der Waals surface area (Å²) in [7, 11) is 0. The lowest BCUT2D eigenvalue weighted by Gasteiger charge is -2.07. The summed E-state index contributed by atoms with van der Waals surface area (Å²) in [6.07, 6.45) is 2.10. The van der Waals surface area contributed by atoms with Crippen LogP contribution in [0.1, 0.15) is 25.0 Å². The predicted molar refractivity (Wildman–Crippen MR) is 93.9 cm³/mol. The van der Waals surface area contributed by atoms with Crippen molar-refractivity contribution in [1.29, 1.82) is 0 Å². The summed E-state index contributed by atoms with van der Waals surface area (Å²) in [4.78, 5) is 4.86. The van der Waals surface area contributed by atoms with E-state index in [1.54, 1.807) is 0 Å². The zero-order valence-corrected chi connectivity index (χ0v) is 13.2. The van der Waals surface area contributed by atoms with Crippen molar-refractivity contribution in [3.63, 3.8) is 0 Å². The van der Waals surface area contributed by atoms with Gasteiger partial charge in [0.2, 0.25) is 0 Å². The van der Waals surface area contributed by atoms with E-state index in [0.29, 0.717) is 0 Å². The Labute approximate surface area is 132 Å². The molecule has 0 amide bonds. The molecule has 0 bridgehead atoms. The molecule has 1 heteroatoms. The first kappa shape index (κ1) is 14.5. The minimum atomic E-state index is 1.04. The van der Waals surface area contributed by atoms with E-state index < -0.39 is 0 Å². The lowest BCUT2D eigenvalue weighted by Crippen LogP contribution is -1.90. The van der Waals surface area contributed by atoms with Gasteiger partial charge in [0.05, 0.1) is 11.4 Å². The molecule has 0 N–H and O–H groups in total. The van der Waals surface area contributed by atoms with Crippen molar-refractivity contribution in [2.24, 2.45) is 0 Å². The van der Waals surface area contributed by atoms with E-state index in [2.05, 4.69) is 80.6 Å². The Bertz CT molecular complexity index is 711. The third kappa shape index (κ3) is 3.09. The molecular formula is C21H21N. The van der Waals surface area contributed by atoms with Crippen molar-refractivity contribution >= 4 is 0 Å². The average Bonchev–Trinajstić information content (AvgIpc) is 2.62. The lowest BCUT2D eigenvalue weighted by molar-refractivity contribution is 1.14. The number of nitrogens with zero attached hydrogens (tertiary/aromatic N) is 1. The van der Waals surface area contributed by atoms with Gasteiger partial charge >= 0.3 is 0 Å². The van der Waals surface area contributed by atoms with Gasteiger partial charge in [-0.2, -0.15) is 0 Å². The van der Waals surface area contributed by atoms with Gasteiger partial charge in [0.25, 0.3) is 0 Å². The van der Waals surface area contributed by atoms with Crippen molar-refractivity contribution in [2.75, 3.05) is 0 Å². The van der Waals surface area contributed by atoms with Crippen LogP contribution in [0.3, 0.4) is 0 Å². The molecule has 0 unspecified atom stereocenters. The van der Waals surface area contributed by atoms with Crippen LogP contribution in [0.15, 0.2) is 66.7 Å². The van der Waals surface area contributed by atoms with Crippen LogP contribution in [0.2, 0.25) is 0 Å². The van der Waals surface area contributed by atoms with Crippen LogP contribution in [-0.2, 0) is 12.8 Å². The summed E-state index contributed by atoms with van der Waals surface area (Å²) in [6, 6.07) is 23.5. The second kappa shape index (κ2) is 6.57. The summed E-state index contributed by atoms with van der Waals surface area (Å²) in [6.45, 7) is 4.36. The van der Waals surface area contributed by atoms with Gasteiger partial charge in [0.15, 0.2) is 0 Å². The molecule has 0 saturated heterocycles. The van der Waals surface area contributed by atoms with Crippen molar-refractivity contribution in [1.82, 2.24) is 4.98 Å². The first-order valence-corrected chi connectivity index (χ1v) is 7.96. The quantitative estimate of drug-likeness (QED) is 0.614. The number of rotatable bonds is 4. The third-order valence-corrected chi connectivity index (χ3v) is 4.01. The van der Waals surface area contributed by atoms with E-state index in [0.717, 1.165) is 24.2 Å². The topological polar surface area (TPSA) is 12.9 Å². The van der Waals surface area contributed by atoms with Crippen molar-refractivity contribution in [3.8, 4) is 22.5 Å². The molecule has 22 heavy (non-hydrogen) atoms. The van der Waals surface area contributed by atoms with Gasteiger partial charge in [0, 0.05) is 11.1 Å². The Hall–Kier alpha value is -2.41. The molecule has 0 spiro atoms. The summed E-state index contributed by atoms with van der Waals surface area (Å²) < 4.78 is 0. The van der Waals surface area contributed by atoms with Crippen LogP contribution in [-0.4, -0.2) is 4.98 Å². The maximum Gasteiger partial charge on any atom is 0.0709 e. The fourth-order valence-electron chi connectivity index (χ4n) is 2.66. The van der Waals surface area contributed by atoms with Crippen molar-refractivity contribution in [3.05, 3.63) is 77.9 Å². The molecule has 0 aliphatic heterocycles. The SMILES string of the molecule is CCc1cccc(-c2cccc(-c3cccc(CC)c3)n2)c1. The number of hydrogen-bond acceptors (Lipinski definition) is 1.